The highest BCUT2D eigenvalue weighted by atomic mass is 35.5. The van der Waals surface area contributed by atoms with Crippen LogP contribution < -0.4 is 10.5 Å². The van der Waals surface area contributed by atoms with Crippen LogP contribution in [0.15, 0.2) is 36.5 Å². The van der Waals surface area contributed by atoms with Crippen LogP contribution in [0, 0.1) is 0 Å². The number of methoxy groups -OCH3 is 1. The van der Waals surface area contributed by atoms with E-state index in [9.17, 15) is 4.79 Å². The van der Waals surface area contributed by atoms with E-state index >= 15 is 0 Å². The fourth-order valence-corrected chi connectivity index (χ4v) is 2.75. The summed E-state index contributed by atoms with van der Waals surface area (Å²) < 4.78 is 10.6. The molecule has 134 valence electrons. The molecular weight excluding hydrogens is 356 g/mol. The maximum Gasteiger partial charge on any atom is 0.340 e. The molecule has 0 atom stereocenters. The molecule has 26 heavy (non-hydrogen) atoms. The number of nitrogens with two attached hydrogens (primary N) is 1. The third-order valence-corrected chi connectivity index (χ3v) is 3.93. The predicted octanol–water partition coefficient (Wildman–Crippen LogP) is 3.56. The molecule has 0 radical (unpaired) electrons. The van der Waals surface area contributed by atoms with Crippen molar-refractivity contribution in [3.63, 3.8) is 0 Å². The molecule has 0 saturated carbocycles. The van der Waals surface area contributed by atoms with Gasteiger partial charge in [-0.1, -0.05) is 11.6 Å². The van der Waals surface area contributed by atoms with Crippen molar-refractivity contribution in [2.24, 2.45) is 0 Å². The Kier molecular flexibility index (Phi) is 5.09. The van der Waals surface area contributed by atoms with Crippen LogP contribution in [0.4, 0.5) is 5.95 Å². The van der Waals surface area contributed by atoms with Gasteiger partial charge in [-0.2, -0.15) is 0 Å². The number of H-pyrrole nitrogens is 1. The first-order valence-electron chi connectivity index (χ1n) is 7.86. The van der Waals surface area contributed by atoms with E-state index in [4.69, 9.17) is 26.8 Å². The van der Waals surface area contributed by atoms with Crippen molar-refractivity contribution in [1.82, 2.24) is 15.0 Å². The van der Waals surface area contributed by atoms with Crippen molar-refractivity contribution >= 4 is 23.5 Å². The summed E-state index contributed by atoms with van der Waals surface area (Å²) in [6, 6.07) is 8.51. The van der Waals surface area contributed by atoms with E-state index in [-0.39, 0.29) is 12.6 Å². The number of carbonyl (C=O) groups is 1. The Morgan fingerprint density at radius 3 is 2.81 bits per heavy atom. The van der Waals surface area contributed by atoms with Gasteiger partial charge in [-0.05, 0) is 37.3 Å². The molecule has 7 nitrogen and oxygen atoms in total. The zero-order chi connectivity index (χ0) is 18.7. The van der Waals surface area contributed by atoms with Gasteiger partial charge in [0.25, 0.3) is 0 Å². The molecule has 0 saturated heterocycles. The Morgan fingerprint density at radius 1 is 1.31 bits per heavy atom. The van der Waals surface area contributed by atoms with Crippen LogP contribution in [0.25, 0.3) is 22.6 Å². The SMILES string of the molecule is CCOC(=O)c1cc(-c2ccnc(N)n2)[nH]c1-c1cc(Cl)ccc1OC. The number of anilines is 1. The van der Waals surface area contributed by atoms with E-state index < -0.39 is 5.97 Å². The minimum atomic E-state index is -0.464. The lowest BCUT2D eigenvalue weighted by molar-refractivity contribution is 0.0527. The lowest BCUT2D eigenvalue weighted by atomic mass is 10.1. The summed E-state index contributed by atoms with van der Waals surface area (Å²) in [5, 5.41) is 0.512. The average Bonchev–Trinajstić information content (AvgIpc) is 3.07. The molecule has 0 fully saturated rings. The van der Waals surface area contributed by atoms with E-state index in [1.807, 2.05) is 0 Å². The third kappa shape index (κ3) is 3.48. The molecule has 0 amide bonds. The Labute approximate surface area is 155 Å². The number of halogens is 1. The fraction of sp³-hybridized carbons (Fsp3) is 0.167. The van der Waals surface area contributed by atoms with Crippen LogP contribution >= 0.6 is 11.6 Å². The fourth-order valence-electron chi connectivity index (χ4n) is 2.57. The molecule has 8 heteroatoms. The number of hydrogen-bond donors (Lipinski definition) is 2. The molecule has 0 aliphatic heterocycles. The quantitative estimate of drug-likeness (QED) is 0.664. The van der Waals surface area contributed by atoms with Crippen LogP contribution in [0.3, 0.4) is 0 Å². The minimum Gasteiger partial charge on any atom is -0.496 e. The molecule has 0 aliphatic rings. The van der Waals surface area contributed by atoms with Gasteiger partial charge in [0.1, 0.15) is 5.75 Å². The Bertz CT molecular complexity index is 955. The summed E-state index contributed by atoms with van der Waals surface area (Å²) in [5.74, 6) is 0.237. The number of aromatic nitrogens is 3. The molecule has 3 rings (SSSR count). The lowest BCUT2D eigenvalue weighted by Gasteiger charge is -2.10. The summed E-state index contributed by atoms with van der Waals surface area (Å²) in [6.07, 6.45) is 1.54. The second-order valence-corrected chi connectivity index (χ2v) is 5.77. The molecule has 2 aromatic heterocycles. The minimum absolute atomic E-state index is 0.136. The number of nitrogens with one attached hydrogen (secondary N) is 1. The van der Waals surface area contributed by atoms with E-state index in [1.54, 1.807) is 50.6 Å². The number of nitrogen functional groups attached to an aromatic ring is 1. The summed E-state index contributed by atoms with van der Waals surface area (Å²) in [5.41, 5.74) is 8.31. The Hall–Kier alpha value is -3.06. The van der Waals surface area contributed by atoms with Crippen molar-refractivity contribution in [3.05, 3.63) is 47.1 Å². The van der Waals surface area contributed by atoms with Crippen LogP contribution in [0.2, 0.25) is 5.02 Å². The van der Waals surface area contributed by atoms with Crippen LogP contribution in [-0.4, -0.2) is 34.6 Å². The van der Waals surface area contributed by atoms with Gasteiger partial charge in [0.15, 0.2) is 0 Å². The summed E-state index contributed by atoms with van der Waals surface area (Å²) in [7, 11) is 1.55. The number of benzene rings is 1. The van der Waals surface area contributed by atoms with E-state index in [0.717, 1.165) is 0 Å². The zero-order valence-electron chi connectivity index (χ0n) is 14.2. The van der Waals surface area contributed by atoms with Gasteiger partial charge in [0.2, 0.25) is 5.95 Å². The molecule has 2 heterocycles. The molecular formula is C18H17ClN4O3. The molecule has 0 unspecified atom stereocenters. The lowest BCUT2D eigenvalue weighted by Crippen LogP contribution is -2.05. The van der Waals surface area contributed by atoms with Crippen LogP contribution in [-0.2, 0) is 4.74 Å². The molecule has 0 aliphatic carbocycles. The Morgan fingerprint density at radius 2 is 2.12 bits per heavy atom. The highest BCUT2D eigenvalue weighted by Crippen LogP contribution is 2.36. The van der Waals surface area contributed by atoms with Gasteiger partial charge in [0, 0.05) is 16.8 Å². The van der Waals surface area contributed by atoms with E-state index in [1.165, 1.54) is 0 Å². The highest BCUT2D eigenvalue weighted by molar-refractivity contribution is 6.31. The van der Waals surface area contributed by atoms with Gasteiger partial charge in [0.05, 0.1) is 36.4 Å². The van der Waals surface area contributed by atoms with Crippen molar-refractivity contribution in [2.45, 2.75) is 6.92 Å². The van der Waals surface area contributed by atoms with Crippen LogP contribution in [0.5, 0.6) is 5.75 Å². The maximum atomic E-state index is 12.5. The third-order valence-electron chi connectivity index (χ3n) is 3.69. The van der Waals surface area contributed by atoms with Crippen molar-refractivity contribution in [2.75, 3.05) is 19.5 Å². The van der Waals surface area contributed by atoms with Gasteiger partial charge >= 0.3 is 5.97 Å². The summed E-state index contributed by atoms with van der Waals surface area (Å²) in [4.78, 5) is 23.7. The first-order chi connectivity index (χ1) is 12.5. The summed E-state index contributed by atoms with van der Waals surface area (Å²) >= 11 is 6.14. The molecule has 0 bridgehead atoms. The Balaban J connectivity index is 2.20. The van der Waals surface area contributed by atoms with Gasteiger partial charge < -0.3 is 20.2 Å². The van der Waals surface area contributed by atoms with Crippen LogP contribution in [0.1, 0.15) is 17.3 Å². The van der Waals surface area contributed by atoms with E-state index in [0.29, 0.717) is 39.0 Å². The number of rotatable bonds is 5. The van der Waals surface area contributed by atoms with Crippen molar-refractivity contribution in [3.8, 4) is 28.4 Å². The number of hydrogen-bond acceptors (Lipinski definition) is 6. The predicted molar refractivity (Wildman–Crippen MR) is 99.2 cm³/mol. The number of aromatic amines is 1. The molecule has 3 aromatic rings. The normalized spacial score (nSPS) is 10.6. The number of carbonyl (C=O) groups excluding carboxylic acids is 1. The number of nitrogens with zero attached hydrogens (tertiary/aromatic N) is 2. The molecule has 3 N–H and O–H groups in total. The topological polar surface area (TPSA) is 103 Å². The van der Waals surface area contributed by atoms with Crippen molar-refractivity contribution < 1.29 is 14.3 Å². The van der Waals surface area contributed by atoms with E-state index in [2.05, 4.69) is 15.0 Å². The first-order valence-corrected chi connectivity index (χ1v) is 8.24. The second kappa shape index (κ2) is 7.45. The van der Waals surface area contributed by atoms with Crippen molar-refractivity contribution in [1.29, 1.82) is 0 Å². The number of esters is 1. The standard InChI is InChI=1S/C18H17ClN4O3/c1-3-26-17(24)12-9-14(13-6-7-21-18(20)23-13)22-16(12)11-8-10(19)4-5-15(11)25-2/h4-9,22H,3H2,1-2H3,(H2,20,21,23). The van der Waals surface area contributed by atoms with Gasteiger partial charge in [-0.15, -0.1) is 0 Å². The average molecular weight is 373 g/mol. The zero-order valence-corrected chi connectivity index (χ0v) is 15.0. The summed E-state index contributed by atoms with van der Waals surface area (Å²) in [6.45, 7) is 2.00. The largest absolute Gasteiger partial charge is 0.496 e. The number of ether oxygens (including phenoxy) is 2. The van der Waals surface area contributed by atoms with Gasteiger partial charge in [-0.3, -0.25) is 0 Å². The molecule has 0 spiro atoms. The van der Waals surface area contributed by atoms with Gasteiger partial charge in [-0.25, -0.2) is 14.8 Å². The molecule has 1 aromatic carbocycles. The first kappa shape index (κ1) is 17.8. The smallest absolute Gasteiger partial charge is 0.340 e. The monoisotopic (exact) mass is 372 g/mol. The maximum absolute atomic E-state index is 12.5. The highest BCUT2D eigenvalue weighted by Gasteiger charge is 2.22. The second-order valence-electron chi connectivity index (χ2n) is 5.34.